The van der Waals surface area contributed by atoms with E-state index in [0.29, 0.717) is 11.4 Å². The number of nitriles is 1. The summed E-state index contributed by atoms with van der Waals surface area (Å²) in [5.41, 5.74) is 6.46. The predicted octanol–water partition coefficient (Wildman–Crippen LogP) is 0.327. The van der Waals surface area contributed by atoms with E-state index in [9.17, 15) is 5.26 Å². The number of nitrogen functional groups attached to an aromatic ring is 1. The number of nitrogens with one attached hydrogen (secondary N) is 1. The summed E-state index contributed by atoms with van der Waals surface area (Å²) in [7, 11) is 0. The van der Waals surface area contributed by atoms with Crippen molar-refractivity contribution >= 4 is 11.6 Å². The van der Waals surface area contributed by atoms with Crippen molar-refractivity contribution in [3.63, 3.8) is 0 Å². The first-order chi connectivity index (χ1) is 8.15. The summed E-state index contributed by atoms with van der Waals surface area (Å²) in [6, 6.07) is 2.33. The van der Waals surface area contributed by atoms with E-state index < -0.39 is 0 Å². The lowest BCUT2D eigenvalue weighted by Gasteiger charge is -2.27. The summed E-state index contributed by atoms with van der Waals surface area (Å²) in [6.45, 7) is 7.57. The molecule has 1 aromatic rings. The van der Waals surface area contributed by atoms with Crippen LogP contribution in [0.15, 0.2) is 0 Å². The van der Waals surface area contributed by atoms with Crippen molar-refractivity contribution < 1.29 is 0 Å². The number of piperazine rings is 1. The highest BCUT2D eigenvalue weighted by Crippen LogP contribution is 2.26. The molecular formula is C11H18N6. The maximum absolute atomic E-state index is 9.20. The van der Waals surface area contributed by atoms with E-state index in [1.165, 1.54) is 0 Å². The van der Waals surface area contributed by atoms with Crippen LogP contribution in [0.25, 0.3) is 0 Å². The molecule has 0 spiro atoms. The van der Waals surface area contributed by atoms with Gasteiger partial charge in [-0.1, -0.05) is 0 Å². The van der Waals surface area contributed by atoms with Crippen LogP contribution in [0.2, 0.25) is 0 Å². The first-order valence-corrected chi connectivity index (χ1v) is 5.89. The van der Waals surface area contributed by atoms with Gasteiger partial charge < -0.3 is 16.0 Å². The van der Waals surface area contributed by atoms with Crippen molar-refractivity contribution in [2.75, 3.05) is 36.8 Å². The minimum Gasteiger partial charge on any atom is -0.383 e. The van der Waals surface area contributed by atoms with Gasteiger partial charge in [-0.25, -0.2) is 4.68 Å². The highest BCUT2D eigenvalue weighted by Gasteiger charge is 2.22. The van der Waals surface area contributed by atoms with Crippen LogP contribution in [-0.2, 0) is 0 Å². The zero-order chi connectivity index (χ0) is 12.4. The molecule has 17 heavy (non-hydrogen) atoms. The van der Waals surface area contributed by atoms with Crippen molar-refractivity contribution in [1.82, 2.24) is 15.1 Å². The average molecular weight is 234 g/mol. The number of rotatable bonds is 2. The second kappa shape index (κ2) is 4.63. The van der Waals surface area contributed by atoms with E-state index >= 15 is 0 Å². The monoisotopic (exact) mass is 234 g/mol. The number of aromatic nitrogens is 2. The van der Waals surface area contributed by atoms with Crippen LogP contribution >= 0.6 is 0 Å². The van der Waals surface area contributed by atoms with Crippen LogP contribution in [0.1, 0.15) is 25.5 Å². The molecule has 3 N–H and O–H groups in total. The van der Waals surface area contributed by atoms with Gasteiger partial charge in [-0.05, 0) is 13.8 Å². The third-order valence-electron chi connectivity index (χ3n) is 2.95. The van der Waals surface area contributed by atoms with Crippen LogP contribution in [-0.4, -0.2) is 36.0 Å². The number of hydrogen-bond donors (Lipinski definition) is 2. The second-order valence-electron chi connectivity index (χ2n) is 4.47. The SMILES string of the molecule is CC(C)n1nc(N2CCNCC2)c(C#N)c1N. The molecule has 0 atom stereocenters. The molecule has 0 amide bonds. The lowest BCUT2D eigenvalue weighted by Crippen LogP contribution is -2.44. The third kappa shape index (κ3) is 2.06. The van der Waals surface area contributed by atoms with Gasteiger partial charge in [0.15, 0.2) is 5.82 Å². The largest absolute Gasteiger partial charge is 0.383 e. The summed E-state index contributed by atoms with van der Waals surface area (Å²) in [4.78, 5) is 2.12. The van der Waals surface area contributed by atoms with Gasteiger partial charge in [-0.15, -0.1) is 0 Å². The zero-order valence-corrected chi connectivity index (χ0v) is 10.3. The summed E-state index contributed by atoms with van der Waals surface area (Å²) in [6.07, 6.45) is 0. The van der Waals surface area contributed by atoms with Crippen molar-refractivity contribution in [2.45, 2.75) is 19.9 Å². The van der Waals surface area contributed by atoms with E-state index in [1.807, 2.05) is 13.8 Å². The topological polar surface area (TPSA) is 82.9 Å². The minimum atomic E-state index is 0.166. The Morgan fingerprint density at radius 3 is 2.59 bits per heavy atom. The summed E-state index contributed by atoms with van der Waals surface area (Å²) >= 11 is 0. The molecular weight excluding hydrogens is 216 g/mol. The van der Waals surface area contributed by atoms with Crippen LogP contribution in [0.4, 0.5) is 11.6 Å². The maximum Gasteiger partial charge on any atom is 0.171 e. The smallest absolute Gasteiger partial charge is 0.171 e. The van der Waals surface area contributed by atoms with E-state index in [4.69, 9.17) is 5.73 Å². The molecule has 0 aromatic carbocycles. The minimum absolute atomic E-state index is 0.166. The van der Waals surface area contributed by atoms with E-state index in [0.717, 1.165) is 32.0 Å². The van der Waals surface area contributed by atoms with Gasteiger partial charge in [0.05, 0.1) is 0 Å². The Morgan fingerprint density at radius 2 is 2.06 bits per heavy atom. The molecule has 0 aliphatic carbocycles. The first-order valence-electron chi connectivity index (χ1n) is 5.89. The zero-order valence-electron chi connectivity index (χ0n) is 10.3. The Morgan fingerprint density at radius 1 is 1.41 bits per heavy atom. The molecule has 0 radical (unpaired) electrons. The molecule has 6 nitrogen and oxygen atoms in total. The number of hydrogen-bond acceptors (Lipinski definition) is 5. The number of nitrogens with two attached hydrogens (primary N) is 1. The van der Waals surface area contributed by atoms with Crippen LogP contribution in [0.3, 0.4) is 0 Å². The third-order valence-corrected chi connectivity index (χ3v) is 2.95. The van der Waals surface area contributed by atoms with E-state index in [-0.39, 0.29) is 6.04 Å². The van der Waals surface area contributed by atoms with E-state index in [2.05, 4.69) is 21.4 Å². The van der Waals surface area contributed by atoms with Crippen molar-refractivity contribution in [1.29, 1.82) is 5.26 Å². The summed E-state index contributed by atoms with van der Waals surface area (Å²) < 4.78 is 1.72. The molecule has 0 saturated carbocycles. The normalized spacial score (nSPS) is 16.2. The van der Waals surface area contributed by atoms with Gasteiger partial charge in [0.1, 0.15) is 17.5 Å². The maximum atomic E-state index is 9.20. The Bertz CT molecular complexity index is 436. The van der Waals surface area contributed by atoms with E-state index in [1.54, 1.807) is 4.68 Å². The van der Waals surface area contributed by atoms with Gasteiger partial charge in [0.2, 0.25) is 0 Å². The average Bonchev–Trinajstić information content (AvgIpc) is 2.67. The molecule has 1 aliphatic rings. The van der Waals surface area contributed by atoms with Crippen molar-refractivity contribution in [2.24, 2.45) is 0 Å². The van der Waals surface area contributed by atoms with Gasteiger partial charge in [-0.2, -0.15) is 10.4 Å². The highest BCUT2D eigenvalue weighted by molar-refractivity contribution is 5.65. The Hall–Kier alpha value is -1.74. The number of anilines is 2. The molecule has 92 valence electrons. The Kier molecular flexibility index (Phi) is 3.20. The molecule has 2 rings (SSSR count). The van der Waals surface area contributed by atoms with Crippen LogP contribution in [0, 0.1) is 11.3 Å². The fourth-order valence-electron chi connectivity index (χ4n) is 2.03. The highest BCUT2D eigenvalue weighted by atomic mass is 15.4. The fraction of sp³-hybridized carbons (Fsp3) is 0.636. The summed E-state index contributed by atoms with van der Waals surface area (Å²) in [5.74, 6) is 1.19. The van der Waals surface area contributed by atoms with Gasteiger partial charge in [-0.3, -0.25) is 0 Å². The molecule has 1 saturated heterocycles. The van der Waals surface area contributed by atoms with Gasteiger partial charge >= 0.3 is 0 Å². The lowest BCUT2D eigenvalue weighted by molar-refractivity contribution is 0.530. The molecule has 0 bridgehead atoms. The fourth-order valence-corrected chi connectivity index (χ4v) is 2.03. The first kappa shape index (κ1) is 11.7. The molecule has 1 aliphatic heterocycles. The Balaban J connectivity index is 2.39. The van der Waals surface area contributed by atoms with Gasteiger partial charge in [0.25, 0.3) is 0 Å². The molecule has 0 unspecified atom stereocenters. The summed E-state index contributed by atoms with van der Waals surface area (Å²) in [5, 5.41) is 16.9. The molecule has 6 heteroatoms. The standard InChI is InChI=1S/C11H18N6/c1-8(2)17-10(13)9(7-12)11(15-17)16-5-3-14-4-6-16/h8,14H,3-6,13H2,1-2H3. The molecule has 1 fully saturated rings. The lowest BCUT2D eigenvalue weighted by atomic mass is 10.2. The molecule has 1 aromatic heterocycles. The van der Waals surface area contributed by atoms with Crippen molar-refractivity contribution in [3.8, 4) is 6.07 Å². The van der Waals surface area contributed by atoms with Crippen LogP contribution < -0.4 is 16.0 Å². The van der Waals surface area contributed by atoms with Gasteiger partial charge in [0, 0.05) is 32.2 Å². The Labute approximate surface area is 101 Å². The quantitative estimate of drug-likeness (QED) is 0.770. The van der Waals surface area contributed by atoms with Crippen molar-refractivity contribution in [3.05, 3.63) is 5.56 Å². The second-order valence-corrected chi connectivity index (χ2v) is 4.47. The van der Waals surface area contributed by atoms with Crippen LogP contribution in [0.5, 0.6) is 0 Å². The molecule has 2 heterocycles. The predicted molar refractivity (Wildman–Crippen MR) is 66.8 cm³/mol. The number of nitrogens with zero attached hydrogens (tertiary/aromatic N) is 4.